The summed E-state index contributed by atoms with van der Waals surface area (Å²) in [6, 6.07) is 8.13. The first-order valence-electron chi connectivity index (χ1n) is 5.95. The van der Waals surface area contributed by atoms with E-state index in [-0.39, 0.29) is 5.82 Å². The van der Waals surface area contributed by atoms with Gasteiger partial charge >= 0.3 is 0 Å². The van der Waals surface area contributed by atoms with E-state index in [2.05, 4.69) is 5.32 Å². The summed E-state index contributed by atoms with van der Waals surface area (Å²) in [6.07, 6.45) is 0. The third-order valence-corrected chi connectivity index (χ3v) is 3.13. The van der Waals surface area contributed by atoms with Gasteiger partial charge in [-0.25, -0.2) is 4.39 Å². The molecule has 100 valence electrons. The van der Waals surface area contributed by atoms with Gasteiger partial charge in [-0.15, -0.1) is 0 Å². The minimum atomic E-state index is -0.368. The van der Waals surface area contributed by atoms with E-state index in [0.717, 1.165) is 16.7 Å². The van der Waals surface area contributed by atoms with Gasteiger partial charge in [0.05, 0.1) is 0 Å². The second-order valence-electron chi connectivity index (χ2n) is 4.59. The number of phenols is 1. The molecule has 0 unspecified atom stereocenters. The fourth-order valence-electron chi connectivity index (χ4n) is 2.01. The molecule has 0 amide bonds. The van der Waals surface area contributed by atoms with Crippen LogP contribution in [0.4, 0.5) is 10.1 Å². The number of hydrogen-bond donors (Lipinski definition) is 2. The predicted octanol–water partition coefficient (Wildman–Crippen LogP) is 4.41. The first-order chi connectivity index (χ1) is 8.95. The highest BCUT2D eigenvalue weighted by molar-refractivity contribution is 6.30. The Morgan fingerprint density at radius 3 is 2.32 bits per heavy atom. The Kier molecular flexibility index (Phi) is 3.96. The van der Waals surface area contributed by atoms with Crippen LogP contribution in [0, 0.1) is 19.7 Å². The average molecular weight is 280 g/mol. The fourth-order valence-corrected chi connectivity index (χ4v) is 2.23. The molecule has 0 bridgehead atoms. The van der Waals surface area contributed by atoms with Crippen LogP contribution in [0.1, 0.15) is 16.7 Å². The number of anilines is 1. The standard InChI is InChI=1S/C15H15ClFNO/c1-9-3-11(4-10(2)15(9)19)8-18-14-6-12(16)5-13(17)7-14/h3-7,18-19H,8H2,1-2H3. The molecule has 0 spiro atoms. The first kappa shape index (κ1) is 13.7. The fraction of sp³-hybridized carbons (Fsp3) is 0.200. The molecule has 4 heteroatoms. The Morgan fingerprint density at radius 2 is 1.74 bits per heavy atom. The molecule has 0 saturated heterocycles. The summed E-state index contributed by atoms with van der Waals surface area (Å²) in [5.74, 6) is -0.0504. The second kappa shape index (κ2) is 5.49. The number of benzene rings is 2. The molecule has 2 nitrogen and oxygen atoms in total. The van der Waals surface area contributed by atoms with E-state index in [1.54, 1.807) is 6.07 Å². The minimum Gasteiger partial charge on any atom is -0.507 e. The zero-order chi connectivity index (χ0) is 14.0. The number of halogens is 2. The lowest BCUT2D eigenvalue weighted by molar-refractivity contribution is 0.466. The molecule has 0 aliphatic carbocycles. The lowest BCUT2D eigenvalue weighted by Gasteiger charge is -2.10. The molecule has 0 atom stereocenters. The van der Waals surface area contributed by atoms with E-state index < -0.39 is 0 Å². The van der Waals surface area contributed by atoms with Crippen LogP contribution in [0.25, 0.3) is 0 Å². The molecule has 2 rings (SSSR count). The zero-order valence-electron chi connectivity index (χ0n) is 10.8. The quantitative estimate of drug-likeness (QED) is 0.872. The highest BCUT2D eigenvalue weighted by Gasteiger charge is 2.04. The highest BCUT2D eigenvalue weighted by atomic mass is 35.5. The van der Waals surface area contributed by atoms with Crippen LogP contribution < -0.4 is 5.32 Å². The SMILES string of the molecule is Cc1cc(CNc2cc(F)cc(Cl)c2)cc(C)c1O. The Hall–Kier alpha value is -1.74. The molecule has 19 heavy (non-hydrogen) atoms. The van der Waals surface area contributed by atoms with Crippen LogP contribution in [0.15, 0.2) is 30.3 Å². The topological polar surface area (TPSA) is 32.3 Å². The van der Waals surface area contributed by atoms with Gasteiger partial charge in [0.15, 0.2) is 0 Å². The summed E-state index contributed by atoms with van der Waals surface area (Å²) in [7, 11) is 0. The van der Waals surface area contributed by atoms with Crippen LogP contribution in [0.2, 0.25) is 5.02 Å². The minimum absolute atomic E-state index is 0.317. The van der Waals surface area contributed by atoms with Crippen LogP contribution in [0.5, 0.6) is 5.75 Å². The zero-order valence-corrected chi connectivity index (χ0v) is 11.6. The number of rotatable bonds is 3. The highest BCUT2D eigenvalue weighted by Crippen LogP contribution is 2.24. The molecule has 0 heterocycles. The Labute approximate surface area is 116 Å². The molecule has 0 saturated carbocycles. The van der Waals surface area contributed by atoms with Crippen LogP contribution in [-0.4, -0.2) is 5.11 Å². The molecular weight excluding hydrogens is 265 g/mol. The average Bonchev–Trinajstić information content (AvgIpc) is 2.32. The van der Waals surface area contributed by atoms with Gasteiger partial charge in [-0.3, -0.25) is 0 Å². The van der Waals surface area contributed by atoms with Crippen LogP contribution >= 0.6 is 11.6 Å². The van der Waals surface area contributed by atoms with Crippen molar-refractivity contribution in [3.8, 4) is 5.75 Å². The lowest BCUT2D eigenvalue weighted by atomic mass is 10.1. The van der Waals surface area contributed by atoms with Gasteiger partial charge in [-0.2, -0.15) is 0 Å². The van der Waals surface area contributed by atoms with Crippen molar-refractivity contribution < 1.29 is 9.50 Å². The summed E-state index contributed by atoms with van der Waals surface area (Å²) < 4.78 is 13.2. The lowest BCUT2D eigenvalue weighted by Crippen LogP contribution is -2.01. The summed E-state index contributed by atoms with van der Waals surface area (Å²) in [5.41, 5.74) is 3.31. The van der Waals surface area contributed by atoms with E-state index in [4.69, 9.17) is 11.6 Å². The van der Waals surface area contributed by atoms with Crippen molar-refractivity contribution in [3.63, 3.8) is 0 Å². The van der Waals surface area contributed by atoms with Crippen molar-refractivity contribution >= 4 is 17.3 Å². The summed E-state index contributed by atoms with van der Waals surface area (Å²) >= 11 is 5.79. The molecule has 0 radical (unpaired) electrons. The van der Waals surface area contributed by atoms with Gasteiger partial charge in [0, 0.05) is 17.3 Å². The molecule has 2 N–H and O–H groups in total. The Morgan fingerprint density at radius 1 is 1.11 bits per heavy atom. The smallest absolute Gasteiger partial charge is 0.126 e. The van der Waals surface area contributed by atoms with Gasteiger partial charge in [0.25, 0.3) is 0 Å². The van der Waals surface area contributed by atoms with Crippen LogP contribution in [0.3, 0.4) is 0 Å². The Bertz CT molecular complexity index is 570. The largest absolute Gasteiger partial charge is 0.507 e. The molecule has 0 aliphatic heterocycles. The van der Waals surface area contributed by atoms with Crippen LogP contribution in [-0.2, 0) is 6.54 Å². The predicted molar refractivity (Wildman–Crippen MR) is 76.3 cm³/mol. The first-order valence-corrected chi connectivity index (χ1v) is 6.32. The molecule has 2 aromatic rings. The summed E-state index contributed by atoms with van der Waals surface area (Å²) in [4.78, 5) is 0. The molecular formula is C15H15ClFNO. The van der Waals surface area contributed by atoms with E-state index in [1.165, 1.54) is 12.1 Å². The van der Waals surface area contributed by atoms with Crippen molar-refractivity contribution in [1.82, 2.24) is 0 Å². The van der Waals surface area contributed by atoms with Crippen molar-refractivity contribution in [2.45, 2.75) is 20.4 Å². The summed E-state index contributed by atoms with van der Waals surface area (Å²) in [6.45, 7) is 4.25. The van der Waals surface area contributed by atoms with E-state index in [0.29, 0.717) is 23.0 Å². The van der Waals surface area contributed by atoms with Crippen molar-refractivity contribution in [3.05, 3.63) is 57.9 Å². The second-order valence-corrected chi connectivity index (χ2v) is 5.03. The number of phenolic OH excluding ortho intramolecular Hbond substituents is 1. The van der Waals surface area contributed by atoms with Gasteiger partial charge in [0.2, 0.25) is 0 Å². The van der Waals surface area contributed by atoms with Gasteiger partial charge in [-0.1, -0.05) is 23.7 Å². The molecule has 0 aromatic heterocycles. The summed E-state index contributed by atoms with van der Waals surface area (Å²) in [5, 5.41) is 13.2. The van der Waals surface area contributed by atoms with Crippen molar-refractivity contribution in [2.24, 2.45) is 0 Å². The maximum absolute atomic E-state index is 13.2. The van der Waals surface area contributed by atoms with Gasteiger partial charge < -0.3 is 10.4 Å². The van der Waals surface area contributed by atoms with E-state index in [1.807, 2.05) is 26.0 Å². The number of nitrogens with one attached hydrogen (secondary N) is 1. The van der Waals surface area contributed by atoms with E-state index >= 15 is 0 Å². The Balaban J connectivity index is 2.14. The maximum Gasteiger partial charge on any atom is 0.126 e. The number of aryl methyl sites for hydroxylation is 2. The van der Waals surface area contributed by atoms with Gasteiger partial charge in [0.1, 0.15) is 11.6 Å². The monoisotopic (exact) mass is 279 g/mol. The van der Waals surface area contributed by atoms with E-state index in [9.17, 15) is 9.50 Å². The van der Waals surface area contributed by atoms with Gasteiger partial charge in [-0.05, 0) is 48.7 Å². The van der Waals surface area contributed by atoms with Crippen molar-refractivity contribution in [1.29, 1.82) is 0 Å². The molecule has 0 fully saturated rings. The molecule has 0 aliphatic rings. The third kappa shape index (κ3) is 3.38. The number of hydrogen-bond acceptors (Lipinski definition) is 2. The normalized spacial score (nSPS) is 10.5. The third-order valence-electron chi connectivity index (χ3n) is 2.91. The number of aromatic hydroxyl groups is 1. The maximum atomic E-state index is 13.2. The molecule has 2 aromatic carbocycles. The van der Waals surface area contributed by atoms with Crippen molar-refractivity contribution in [2.75, 3.05) is 5.32 Å².